The first kappa shape index (κ1) is 30.3. The Morgan fingerprint density at radius 2 is 1.93 bits per heavy atom. The lowest BCUT2D eigenvalue weighted by Crippen LogP contribution is -2.56. The first-order valence-corrected chi connectivity index (χ1v) is 14.7. The molecule has 0 saturated carbocycles. The first-order valence-electron chi connectivity index (χ1n) is 14.7. The number of carbonyl (C=O) groups is 2. The minimum absolute atomic E-state index is 0.173. The van der Waals surface area contributed by atoms with E-state index in [1.54, 1.807) is 25.3 Å². The summed E-state index contributed by atoms with van der Waals surface area (Å²) >= 11 is 0. The number of aromatic nitrogens is 2. The number of piperidine rings is 1. The van der Waals surface area contributed by atoms with E-state index in [2.05, 4.69) is 32.9 Å². The smallest absolute Gasteiger partial charge is 0.315 e. The molecule has 3 aromatic rings. The molecule has 2 atom stereocenters. The van der Waals surface area contributed by atoms with Crippen molar-refractivity contribution >= 4 is 11.9 Å². The van der Waals surface area contributed by atoms with Gasteiger partial charge in [-0.15, -0.1) is 0 Å². The highest BCUT2D eigenvalue weighted by molar-refractivity contribution is 5.95. The topological polar surface area (TPSA) is 128 Å². The van der Waals surface area contributed by atoms with Crippen molar-refractivity contribution in [3.8, 4) is 17.2 Å². The number of rotatable bonds is 7. The van der Waals surface area contributed by atoms with Gasteiger partial charge in [0.05, 0.1) is 31.1 Å². The molecule has 0 spiro atoms. The largest absolute Gasteiger partial charge is 0.491 e. The van der Waals surface area contributed by atoms with Crippen molar-refractivity contribution in [2.45, 2.75) is 45.2 Å². The highest BCUT2D eigenvalue weighted by Crippen LogP contribution is 2.29. The number of amides is 3. The van der Waals surface area contributed by atoms with Crippen LogP contribution in [-0.2, 0) is 29.2 Å². The molecule has 2 aliphatic rings. The second-order valence-electron chi connectivity index (χ2n) is 10.6. The lowest BCUT2D eigenvalue weighted by molar-refractivity contribution is -0.0306. The molecular weight excluding hydrogens is 552 g/mol. The fourth-order valence-electron chi connectivity index (χ4n) is 5.15. The van der Waals surface area contributed by atoms with Crippen molar-refractivity contribution in [3.63, 3.8) is 0 Å². The van der Waals surface area contributed by atoms with Crippen LogP contribution in [0.1, 0.15) is 35.0 Å². The Hall–Kier alpha value is -4.13. The van der Waals surface area contributed by atoms with Gasteiger partial charge in [0.1, 0.15) is 23.9 Å². The summed E-state index contributed by atoms with van der Waals surface area (Å²) in [5.74, 6) is 1.25. The van der Waals surface area contributed by atoms with Crippen molar-refractivity contribution in [1.29, 1.82) is 0 Å². The summed E-state index contributed by atoms with van der Waals surface area (Å²) in [4.78, 5) is 28.1. The van der Waals surface area contributed by atoms with Gasteiger partial charge in [0.15, 0.2) is 0 Å². The lowest BCUT2D eigenvalue weighted by Gasteiger charge is -2.38. The molecule has 1 aromatic heterocycles. The summed E-state index contributed by atoms with van der Waals surface area (Å²) in [6, 6.07) is 14.3. The number of benzene rings is 2. The minimum atomic E-state index is -0.302. The standard InChI is InChI=1S/C31H40N6O6/c1-3-37-12-7-24(35-37)19-36-11-8-28-29(20-36)42-21-22-5-4-6-25(15-22)43-27-17-23(16-26(18-27)41-14-13-40-2)30(38)32-9-10-33-31(39)34-28/h4-7,12,15-18,28-29H,3,8-11,13-14,19-21H2,1-2H3,(H,32,38)(H2,33,34,39)/t28-,29-/m0/s1. The van der Waals surface area contributed by atoms with E-state index in [1.807, 2.05) is 41.2 Å². The number of ether oxygens (including phenoxy) is 4. The highest BCUT2D eigenvalue weighted by Gasteiger charge is 2.31. The van der Waals surface area contributed by atoms with E-state index in [4.69, 9.17) is 18.9 Å². The molecule has 4 bridgehead atoms. The van der Waals surface area contributed by atoms with Crippen LogP contribution in [0, 0.1) is 0 Å². The molecule has 2 aromatic carbocycles. The molecule has 230 valence electrons. The molecule has 0 radical (unpaired) electrons. The van der Waals surface area contributed by atoms with Crippen molar-refractivity contribution < 1.29 is 28.5 Å². The van der Waals surface area contributed by atoms with Crippen LogP contribution >= 0.6 is 0 Å². The second kappa shape index (κ2) is 14.9. The molecule has 3 amide bonds. The fraction of sp³-hybridized carbons (Fsp3) is 0.452. The van der Waals surface area contributed by atoms with Crippen LogP contribution in [0.25, 0.3) is 0 Å². The molecule has 3 N–H and O–H groups in total. The van der Waals surface area contributed by atoms with Gasteiger partial charge < -0.3 is 34.9 Å². The molecule has 0 aliphatic carbocycles. The van der Waals surface area contributed by atoms with Gasteiger partial charge in [0.2, 0.25) is 0 Å². The van der Waals surface area contributed by atoms with Crippen LogP contribution in [0.15, 0.2) is 54.7 Å². The summed E-state index contributed by atoms with van der Waals surface area (Å²) in [6.45, 7) is 6.65. The van der Waals surface area contributed by atoms with Crippen LogP contribution in [0.4, 0.5) is 4.79 Å². The number of fused-ring (bicyclic) bond motifs is 5. The van der Waals surface area contributed by atoms with Crippen molar-refractivity contribution in [3.05, 3.63) is 71.5 Å². The molecule has 5 rings (SSSR count). The Morgan fingerprint density at radius 3 is 2.77 bits per heavy atom. The van der Waals surface area contributed by atoms with Crippen molar-refractivity contribution in [2.24, 2.45) is 0 Å². The van der Waals surface area contributed by atoms with Crippen LogP contribution in [0.2, 0.25) is 0 Å². The predicted octanol–water partition coefficient (Wildman–Crippen LogP) is 2.92. The van der Waals surface area contributed by atoms with Gasteiger partial charge in [0.25, 0.3) is 5.91 Å². The molecule has 1 fully saturated rings. The van der Waals surface area contributed by atoms with Crippen molar-refractivity contribution in [2.75, 3.05) is 46.5 Å². The number of nitrogens with one attached hydrogen (secondary N) is 3. The van der Waals surface area contributed by atoms with Gasteiger partial charge in [-0.3, -0.25) is 14.4 Å². The van der Waals surface area contributed by atoms with Gasteiger partial charge in [-0.2, -0.15) is 5.10 Å². The summed E-state index contributed by atoms with van der Waals surface area (Å²) in [7, 11) is 1.60. The third kappa shape index (κ3) is 8.69. The number of aryl methyl sites for hydroxylation is 1. The minimum Gasteiger partial charge on any atom is -0.491 e. The third-order valence-corrected chi connectivity index (χ3v) is 7.36. The maximum atomic E-state index is 13.0. The second-order valence-corrected chi connectivity index (χ2v) is 10.6. The quantitative estimate of drug-likeness (QED) is 0.358. The molecule has 43 heavy (non-hydrogen) atoms. The maximum absolute atomic E-state index is 13.0. The van der Waals surface area contributed by atoms with E-state index in [-0.39, 0.29) is 37.2 Å². The van der Waals surface area contributed by atoms with E-state index in [0.717, 1.165) is 30.8 Å². The van der Waals surface area contributed by atoms with E-state index < -0.39 is 0 Å². The van der Waals surface area contributed by atoms with E-state index in [9.17, 15) is 9.59 Å². The van der Waals surface area contributed by atoms with Gasteiger partial charge in [0, 0.05) is 64.2 Å². The van der Waals surface area contributed by atoms with Crippen LogP contribution in [0.3, 0.4) is 0 Å². The normalized spacial score (nSPS) is 20.0. The molecule has 2 aliphatic heterocycles. The Morgan fingerprint density at radius 1 is 1.05 bits per heavy atom. The van der Waals surface area contributed by atoms with Gasteiger partial charge in [-0.05, 0) is 49.2 Å². The summed E-state index contributed by atoms with van der Waals surface area (Å²) in [5, 5.41) is 13.4. The number of methoxy groups -OCH3 is 1. The first-order chi connectivity index (χ1) is 21.0. The number of hydrogen-bond donors (Lipinski definition) is 3. The summed E-state index contributed by atoms with van der Waals surface area (Å²) in [5.41, 5.74) is 2.31. The molecule has 12 nitrogen and oxygen atoms in total. The number of likely N-dealkylation sites (tertiary alicyclic amines) is 1. The van der Waals surface area contributed by atoms with Gasteiger partial charge in [-0.25, -0.2) is 4.79 Å². The van der Waals surface area contributed by atoms with Gasteiger partial charge >= 0.3 is 6.03 Å². The molecule has 3 heterocycles. The fourth-order valence-corrected chi connectivity index (χ4v) is 5.15. The zero-order chi connectivity index (χ0) is 30.0. The Balaban J connectivity index is 1.34. The SMILES string of the molecule is CCn1ccc(CN2CC[C@@H]3NC(=O)NCCNC(=O)c4cc(OCCOC)cc(c4)Oc4cccc(c4)CO[C@H]3C2)n1. The highest BCUT2D eigenvalue weighted by atomic mass is 16.5. The lowest BCUT2D eigenvalue weighted by atomic mass is 10.0. The predicted molar refractivity (Wildman–Crippen MR) is 159 cm³/mol. The molecule has 0 unspecified atom stereocenters. The Labute approximate surface area is 251 Å². The maximum Gasteiger partial charge on any atom is 0.315 e. The molecular formula is C31H40N6O6. The number of carbonyl (C=O) groups excluding carboxylic acids is 2. The molecule has 12 heteroatoms. The number of urea groups is 1. The number of nitrogens with zero attached hydrogens (tertiary/aromatic N) is 3. The average Bonchev–Trinajstić information content (AvgIpc) is 3.46. The Kier molecular flexibility index (Phi) is 10.5. The van der Waals surface area contributed by atoms with E-state index in [0.29, 0.717) is 55.7 Å². The third-order valence-electron chi connectivity index (χ3n) is 7.36. The number of hydrogen-bond acceptors (Lipinski definition) is 8. The molecule has 1 saturated heterocycles. The monoisotopic (exact) mass is 592 g/mol. The van der Waals surface area contributed by atoms with Gasteiger partial charge in [-0.1, -0.05) is 12.1 Å². The summed E-state index contributed by atoms with van der Waals surface area (Å²) in [6.07, 6.45) is 2.49. The van der Waals surface area contributed by atoms with E-state index >= 15 is 0 Å². The zero-order valence-corrected chi connectivity index (χ0v) is 24.7. The summed E-state index contributed by atoms with van der Waals surface area (Å²) < 4.78 is 25.4. The van der Waals surface area contributed by atoms with Crippen LogP contribution < -0.4 is 25.4 Å². The average molecular weight is 593 g/mol. The zero-order valence-electron chi connectivity index (χ0n) is 24.7. The van der Waals surface area contributed by atoms with Crippen molar-refractivity contribution in [1.82, 2.24) is 30.6 Å². The van der Waals surface area contributed by atoms with Crippen LogP contribution in [-0.4, -0.2) is 85.3 Å². The van der Waals surface area contributed by atoms with Crippen LogP contribution in [0.5, 0.6) is 17.2 Å². The van der Waals surface area contributed by atoms with E-state index in [1.165, 1.54) is 0 Å². The Bertz CT molecular complexity index is 1380.